The van der Waals surface area contributed by atoms with Crippen molar-refractivity contribution in [2.24, 2.45) is 5.92 Å². The van der Waals surface area contributed by atoms with Crippen molar-refractivity contribution in [3.8, 4) is 11.4 Å². The lowest BCUT2D eigenvalue weighted by atomic mass is 9.95. The number of carbonyl (C=O) groups is 1. The van der Waals surface area contributed by atoms with E-state index in [2.05, 4.69) is 15.0 Å². The van der Waals surface area contributed by atoms with Gasteiger partial charge in [-0.2, -0.15) is 18.2 Å². The van der Waals surface area contributed by atoms with Gasteiger partial charge >= 0.3 is 6.18 Å². The monoisotopic (exact) mass is 517 g/mol. The van der Waals surface area contributed by atoms with E-state index in [0.29, 0.717) is 68.5 Å². The van der Waals surface area contributed by atoms with Gasteiger partial charge in [-0.25, -0.2) is 4.39 Å². The van der Waals surface area contributed by atoms with E-state index in [9.17, 15) is 22.4 Å². The summed E-state index contributed by atoms with van der Waals surface area (Å²) in [6, 6.07) is 11.2. The second kappa shape index (κ2) is 10.5. The molecule has 0 N–H and O–H groups in total. The Morgan fingerprint density at radius 1 is 0.973 bits per heavy atom. The zero-order valence-electron chi connectivity index (χ0n) is 20.1. The molecule has 0 aliphatic carbocycles. The first kappa shape index (κ1) is 25.2. The SMILES string of the molecule is O=C(C1CCN(Cc2nc(-c3ccc(F)cc3)no2)CC1)N1CCN(c2cccc(C(F)(F)F)c2)CC1. The molecule has 3 heterocycles. The van der Waals surface area contributed by atoms with E-state index in [0.717, 1.165) is 19.2 Å². The van der Waals surface area contributed by atoms with Gasteiger partial charge in [-0.3, -0.25) is 9.69 Å². The number of likely N-dealkylation sites (tertiary alicyclic amines) is 1. The average Bonchev–Trinajstić information content (AvgIpc) is 3.37. The molecule has 2 aliphatic rings. The Hall–Kier alpha value is -3.47. The van der Waals surface area contributed by atoms with Crippen LogP contribution in [0.5, 0.6) is 0 Å². The summed E-state index contributed by atoms with van der Waals surface area (Å²) in [5.74, 6) is 0.579. The molecule has 0 spiro atoms. The molecule has 7 nitrogen and oxygen atoms in total. The van der Waals surface area contributed by atoms with Crippen molar-refractivity contribution < 1.29 is 26.9 Å². The second-order valence-electron chi connectivity index (χ2n) is 9.43. The number of piperidine rings is 1. The van der Waals surface area contributed by atoms with Crippen molar-refractivity contribution >= 4 is 11.6 Å². The fourth-order valence-corrected chi connectivity index (χ4v) is 4.89. The lowest BCUT2D eigenvalue weighted by molar-refractivity contribution is -0.138. The van der Waals surface area contributed by atoms with E-state index < -0.39 is 11.7 Å². The summed E-state index contributed by atoms with van der Waals surface area (Å²) in [6.45, 7) is 3.89. The Kier molecular flexibility index (Phi) is 7.14. The molecule has 11 heteroatoms. The van der Waals surface area contributed by atoms with Gasteiger partial charge in [-0.05, 0) is 68.4 Å². The molecule has 2 aromatic carbocycles. The van der Waals surface area contributed by atoms with Crippen LogP contribution in [-0.4, -0.2) is 65.1 Å². The molecular weight excluding hydrogens is 490 g/mol. The van der Waals surface area contributed by atoms with Gasteiger partial charge < -0.3 is 14.3 Å². The summed E-state index contributed by atoms with van der Waals surface area (Å²) in [6.07, 6.45) is -2.95. The molecule has 3 aromatic rings. The van der Waals surface area contributed by atoms with Crippen LogP contribution in [0.1, 0.15) is 24.3 Å². The molecule has 2 fully saturated rings. The number of carbonyl (C=O) groups excluding carboxylic acids is 1. The van der Waals surface area contributed by atoms with Gasteiger partial charge in [0.05, 0.1) is 12.1 Å². The Bertz CT molecular complexity index is 1210. The molecule has 1 aromatic heterocycles. The third-order valence-corrected chi connectivity index (χ3v) is 7.00. The fraction of sp³-hybridized carbons (Fsp3) is 0.423. The van der Waals surface area contributed by atoms with E-state index in [1.807, 2.05) is 9.80 Å². The van der Waals surface area contributed by atoms with Gasteiger partial charge in [-0.15, -0.1) is 0 Å². The number of hydrogen-bond acceptors (Lipinski definition) is 6. The lowest BCUT2D eigenvalue weighted by Gasteiger charge is -2.39. The molecule has 0 unspecified atom stereocenters. The summed E-state index contributed by atoms with van der Waals surface area (Å²) in [5.41, 5.74) is 0.537. The molecule has 37 heavy (non-hydrogen) atoms. The number of piperazine rings is 1. The minimum absolute atomic E-state index is 0.0752. The number of rotatable bonds is 5. The Morgan fingerprint density at radius 3 is 2.35 bits per heavy atom. The minimum Gasteiger partial charge on any atom is -0.368 e. The molecule has 5 rings (SSSR count). The standard InChI is InChI=1S/C26H27F4N5O2/c27-21-6-4-18(5-7-21)24-31-23(37-32-24)17-33-10-8-19(9-11-33)25(36)35-14-12-34(13-15-35)22-3-1-2-20(16-22)26(28,29)30/h1-7,16,19H,8-15,17H2. The number of anilines is 1. The highest BCUT2D eigenvalue weighted by Gasteiger charge is 2.33. The number of aromatic nitrogens is 2. The van der Waals surface area contributed by atoms with Crippen LogP contribution in [0.4, 0.5) is 23.2 Å². The van der Waals surface area contributed by atoms with Crippen molar-refractivity contribution in [1.82, 2.24) is 19.9 Å². The number of hydrogen-bond donors (Lipinski definition) is 0. The third-order valence-electron chi connectivity index (χ3n) is 7.00. The molecule has 0 atom stereocenters. The number of halogens is 4. The maximum atomic E-state index is 13.1. The van der Waals surface area contributed by atoms with E-state index in [-0.39, 0.29) is 17.6 Å². The van der Waals surface area contributed by atoms with Gasteiger partial charge in [0.15, 0.2) is 0 Å². The Labute approximate surface area is 211 Å². The highest BCUT2D eigenvalue weighted by Crippen LogP contribution is 2.32. The van der Waals surface area contributed by atoms with E-state index in [1.54, 1.807) is 18.2 Å². The molecule has 0 radical (unpaired) electrons. The number of nitrogens with zero attached hydrogens (tertiary/aromatic N) is 5. The largest absolute Gasteiger partial charge is 0.416 e. The maximum absolute atomic E-state index is 13.1. The average molecular weight is 518 g/mol. The molecule has 0 saturated carbocycles. The zero-order valence-corrected chi connectivity index (χ0v) is 20.1. The van der Waals surface area contributed by atoms with Crippen LogP contribution in [-0.2, 0) is 17.5 Å². The van der Waals surface area contributed by atoms with Gasteiger partial charge in [0.2, 0.25) is 17.6 Å². The van der Waals surface area contributed by atoms with Crippen LogP contribution in [0.3, 0.4) is 0 Å². The van der Waals surface area contributed by atoms with E-state index in [1.165, 1.54) is 24.3 Å². The van der Waals surface area contributed by atoms with Crippen molar-refractivity contribution in [2.45, 2.75) is 25.6 Å². The number of benzene rings is 2. The van der Waals surface area contributed by atoms with Crippen molar-refractivity contribution in [3.63, 3.8) is 0 Å². The molecular formula is C26H27F4N5O2. The first-order valence-electron chi connectivity index (χ1n) is 12.3. The molecule has 196 valence electrons. The number of alkyl halides is 3. The highest BCUT2D eigenvalue weighted by atomic mass is 19.4. The summed E-state index contributed by atoms with van der Waals surface area (Å²) in [4.78, 5) is 23.4. The zero-order chi connectivity index (χ0) is 26.0. The molecule has 1 amide bonds. The minimum atomic E-state index is -4.38. The topological polar surface area (TPSA) is 65.7 Å². The van der Waals surface area contributed by atoms with Gasteiger partial charge in [0.25, 0.3) is 0 Å². The summed E-state index contributed by atoms with van der Waals surface area (Å²) < 4.78 is 57.6. The van der Waals surface area contributed by atoms with Crippen LogP contribution < -0.4 is 4.90 Å². The van der Waals surface area contributed by atoms with Crippen LogP contribution in [0.15, 0.2) is 53.1 Å². The van der Waals surface area contributed by atoms with Crippen LogP contribution in [0, 0.1) is 11.7 Å². The molecule has 2 aliphatic heterocycles. The summed E-state index contributed by atoms with van der Waals surface area (Å²) in [5, 5.41) is 3.98. The van der Waals surface area contributed by atoms with E-state index in [4.69, 9.17) is 4.52 Å². The van der Waals surface area contributed by atoms with Crippen LogP contribution >= 0.6 is 0 Å². The maximum Gasteiger partial charge on any atom is 0.416 e. The Morgan fingerprint density at radius 2 is 1.68 bits per heavy atom. The quantitative estimate of drug-likeness (QED) is 0.466. The van der Waals surface area contributed by atoms with Crippen LogP contribution in [0.2, 0.25) is 0 Å². The van der Waals surface area contributed by atoms with Crippen molar-refractivity contribution in [2.75, 3.05) is 44.2 Å². The smallest absolute Gasteiger partial charge is 0.368 e. The highest BCUT2D eigenvalue weighted by molar-refractivity contribution is 5.79. The Balaban J connectivity index is 1.09. The van der Waals surface area contributed by atoms with Gasteiger partial charge in [0, 0.05) is 43.3 Å². The number of amides is 1. The van der Waals surface area contributed by atoms with Crippen LogP contribution in [0.25, 0.3) is 11.4 Å². The summed E-state index contributed by atoms with van der Waals surface area (Å²) in [7, 11) is 0. The van der Waals surface area contributed by atoms with Crippen molar-refractivity contribution in [3.05, 3.63) is 65.8 Å². The summed E-state index contributed by atoms with van der Waals surface area (Å²) >= 11 is 0. The lowest BCUT2D eigenvalue weighted by Crippen LogP contribution is -2.51. The van der Waals surface area contributed by atoms with Crippen molar-refractivity contribution in [1.29, 1.82) is 0 Å². The normalized spacial score (nSPS) is 17.8. The fourth-order valence-electron chi connectivity index (χ4n) is 4.89. The molecule has 2 saturated heterocycles. The third kappa shape index (κ3) is 5.93. The predicted molar refractivity (Wildman–Crippen MR) is 128 cm³/mol. The second-order valence-corrected chi connectivity index (χ2v) is 9.43. The molecule has 0 bridgehead atoms. The van der Waals surface area contributed by atoms with E-state index >= 15 is 0 Å². The predicted octanol–water partition coefficient (Wildman–Crippen LogP) is 4.46. The van der Waals surface area contributed by atoms with Gasteiger partial charge in [0.1, 0.15) is 5.82 Å². The van der Waals surface area contributed by atoms with Gasteiger partial charge in [-0.1, -0.05) is 11.2 Å². The first-order chi connectivity index (χ1) is 17.8. The first-order valence-corrected chi connectivity index (χ1v) is 12.3.